The van der Waals surface area contributed by atoms with Crippen LogP contribution in [0.1, 0.15) is 11.1 Å². The maximum atomic E-state index is 12.6. The zero-order valence-corrected chi connectivity index (χ0v) is 18.9. The molecule has 0 aromatic heterocycles. The molecule has 1 nitrogen and oxygen atoms in total. The second-order valence-electron chi connectivity index (χ2n) is 6.79. The Kier molecular flexibility index (Phi) is 7.46. The predicted octanol–water partition coefficient (Wildman–Crippen LogP) is 7.44. The van der Waals surface area contributed by atoms with E-state index in [-0.39, 0.29) is 0 Å². The summed E-state index contributed by atoms with van der Waals surface area (Å²) in [4.78, 5) is 4.50. The molecule has 1 unspecified atom stereocenters. The van der Waals surface area contributed by atoms with Gasteiger partial charge in [-0.2, -0.15) is 0 Å². The summed E-state index contributed by atoms with van der Waals surface area (Å²) in [6.07, 6.45) is 0. The monoisotopic (exact) mass is 446 g/mol. The number of rotatable bonds is 8. The third kappa shape index (κ3) is 6.11. The highest BCUT2D eigenvalue weighted by Gasteiger charge is 2.06. The first-order valence-electron chi connectivity index (χ1n) is 9.73. The molecule has 4 aromatic rings. The van der Waals surface area contributed by atoms with E-state index in [0.717, 1.165) is 21.1 Å². The van der Waals surface area contributed by atoms with Crippen LogP contribution in [0.15, 0.2) is 129 Å². The lowest BCUT2D eigenvalue weighted by molar-refractivity contribution is 0.682. The van der Waals surface area contributed by atoms with Gasteiger partial charge in [-0.1, -0.05) is 72.4 Å². The Labute approximate surface area is 189 Å². The van der Waals surface area contributed by atoms with Crippen LogP contribution in [0.3, 0.4) is 0 Å². The van der Waals surface area contributed by atoms with Gasteiger partial charge in [-0.15, -0.1) is 11.8 Å². The van der Waals surface area contributed by atoms with Crippen LogP contribution in [0.25, 0.3) is 0 Å². The molecule has 0 saturated heterocycles. The molecular weight excluding hydrogens is 424 g/mol. The molecule has 0 aliphatic carbocycles. The Balaban J connectivity index is 1.32. The van der Waals surface area contributed by atoms with Gasteiger partial charge in [0.15, 0.2) is 0 Å². The Morgan fingerprint density at radius 1 is 0.567 bits per heavy atom. The van der Waals surface area contributed by atoms with Crippen LogP contribution < -0.4 is 0 Å². The van der Waals surface area contributed by atoms with Crippen LogP contribution in [0, 0.1) is 0 Å². The van der Waals surface area contributed by atoms with Crippen LogP contribution in [-0.4, -0.2) is 4.21 Å². The molecule has 0 spiro atoms. The molecule has 0 saturated carbocycles. The van der Waals surface area contributed by atoms with Crippen molar-refractivity contribution in [2.75, 3.05) is 0 Å². The molecule has 0 fully saturated rings. The Morgan fingerprint density at radius 3 is 1.67 bits per heavy atom. The molecule has 30 heavy (non-hydrogen) atoms. The fourth-order valence-electron chi connectivity index (χ4n) is 2.95. The molecule has 0 aliphatic rings. The minimum atomic E-state index is -1.02. The standard InChI is InChI=1S/C26H22OS3/c27-30(20-22-9-5-2-6-10-22)26-17-15-25(16-18-26)29-24-13-11-23(12-14-24)28-19-21-7-3-1-4-8-21/h1-18H,19-20H2. The Bertz CT molecular complexity index is 1080. The minimum Gasteiger partial charge on any atom is -0.254 e. The normalized spacial score (nSPS) is 11.9. The predicted molar refractivity (Wildman–Crippen MR) is 130 cm³/mol. The van der Waals surface area contributed by atoms with E-state index in [0.29, 0.717) is 5.75 Å². The molecule has 4 heteroatoms. The van der Waals surface area contributed by atoms with Crippen LogP contribution in [0.5, 0.6) is 0 Å². The summed E-state index contributed by atoms with van der Waals surface area (Å²) in [5.41, 5.74) is 2.44. The lowest BCUT2D eigenvalue weighted by Gasteiger charge is -2.06. The van der Waals surface area contributed by atoms with E-state index in [2.05, 4.69) is 60.7 Å². The van der Waals surface area contributed by atoms with Crippen molar-refractivity contribution in [3.63, 3.8) is 0 Å². The van der Waals surface area contributed by atoms with Crippen LogP contribution in [0.4, 0.5) is 0 Å². The molecule has 0 aliphatic heterocycles. The van der Waals surface area contributed by atoms with E-state index in [1.54, 1.807) is 11.8 Å². The van der Waals surface area contributed by atoms with Gasteiger partial charge in [0.25, 0.3) is 0 Å². The highest BCUT2D eigenvalue weighted by Crippen LogP contribution is 2.31. The summed E-state index contributed by atoms with van der Waals surface area (Å²) >= 11 is 3.58. The summed E-state index contributed by atoms with van der Waals surface area (Å²) in [5.74, 6) is 1.53. The fourth-order valence-corrected chi connectivity index (χ4v) is 5.72. The average molecular weight is 447 g/mol. The van der Waals surface area contributed by atoms with Gasteiger partial charge >= 0.3 is 0 Å². The lowest BCUT2D eigenvalue weighted by Crippen LogP contribution is -1.96. The van der Waals surface area contributed by atoms with Gasteiger partial charge in [0.1, 0.15) is 0 Å². The van der Waals surface area contributed by atoms with Crippen molar-refractivity contribution in [1.82, 2.24) is 0 Å². The van der Waals surface area contributed by atoms with Crippen molar-refractivity contribution < 1.29 is 4.21 Å². The van der Waals surface area contributed by atoms with E-state index >= 15 is 0 Å². The van der Waals surface area contributed by atoms with E-state index in [1.807, 2.05) is 60.3 Å². The highest BCUT2D eigenvalue weighted by atomic mass is 32.2. The number of benzene rings is 4. The molecular formula is C26H22OS3. The molecule has 0 amide bonds. The van der Waals surface area contributed by atoms with Gasteiger partial charge in [0, 0.05) is 25.3 Å². The summed E-state index contributed by atoms with van der Waals surface area (Å²) < 4.78 is 12.6. The minimum absolute atomic E-state index is 0.551. The first kappa shape index (κ1) is 21.0. The number of hydrogen-bond acceptors (Lipinski definition) is 3. The molecule has 150 valence electrons. The van der Waals surface area contributed by atoms with Crippen molar-refractivity contribution in [3.05, 3.63) is 120 Å². The fraction of sp³-hybridized carbons (Fsp3) is 0.0769. The van der Waals surface area contributed by atoms with E-state index < -0.39 is 10.8 Å². The van der Waals surface area contributed by atoms with E-state index in [4.69, 9.17) is 0 Å². The first-order chi connectivity index (χ1) is 14.8. The van der Waals surface area contributed by atoms with Gasteiger partial charge in [-0.3, -0.25) is 4.21 Å². The van der Waals surface area contributed by atoms with Crippen LogP contribution >= 0.6 is 23.5 Å². The molecule has 4 aromatic carbocycles. The Morgan fingerprint density at radius 2 is 1.07 bits per heavy atom. The number of thioether (sulfide) groups is 1. The van der Waals surface area contributed by atoms with Gasteiger partial charge in [-0.25, -0.2) is 0 Å². The lowest BCUT2D eigenvalue weighted by atomic mass is 10.2. The second-order valence-corrected chi connectivity index (χ2v) is 10.4. The molecule has 0 radical (unpaired) electrons. The van der Waals surface area contributed by atoms with Crippen molar-refractivity contribution in [2.45, 2.75) is 31.1 Å². The average Bonchev–Trinajstić information content (AvgIpc) is 2.80. The van der Waals surface area contributed by atoms with Gasteiger partial charge in [0.2, 0.25) is 0 Å². The number of hydrogen-bond donors (Lipinski definition) is 0. The van der Waals surface area contributed by atoms with Gasteiger partial charge < -0.3 is 0 Å². The second kappa shape index (κ2) is 10.7. The molecule has 0 N–H and O–H groups in total. The highest BCUT2D eigenvalue weighted by molar-refractivity contribution is 7.99. The van der Waals surface area contributed by atoms with Crippen molar-refractivity contribution in [2.24, 2.45) is 0 Å². The summed E-state index contributed by atoms with van der Waals surface area (Å²) in [7, 11) is -1.02. The summed E-state index contributed by atoms with van der Waals surface area (Å²) in [6, 6.07) is 37.3. The van der Waals surface area contributed by atoms with Crippen molar-refractivity contribution in [3.8, 4) is 0 Å². The van der Waals surface area contributed by atoms with E-state index in [1.165, 1.54) is 15.4 Å². The smallest absolute Gasteiger partial charge is 0.0574 e. The van der Waals surface area contributed by atoms with E-state index in [9.17, 15) is 4.21 Å². The van der Waals surface area contributed by atoms with Crippen LogP contribution in [0.2, 0.25) is 0 Å². The molecule has 0 heterocycles. The Hall–Kier alpha value is -2.27. The third-order valence-corrected chi connectivity index (χ3v) is 8.03. The zero-order chi connectivity index (χ0) is 20.6. The van der Waals surface area contributed by atoms with Gasteiger partial charge in [0.05, 0.1) is 16.6 Å². The van der Waals surface area contributed by atoms with Crippen LogP contribution in [-0.2, 0) is 22.3 Å². The molecule has 4 rings (SSSR count). The first-order valence-corrected chi connectivity index (χ1v) is 12.9. The molecule has 0 bridgehead atoms. The largest absolute Gasteiger partial charge is 0.254 e. The maximum absolute atomic E-state index is 12.6. The summed E-state index contributed by atoms with van der Waals surface area (Å²) in [5, 5.41) is 0. The van der Waals surface area contributed by atoms with Crippen molar-refractivity contribution in [1.29, 1.82) is 0 Å². The SMILES string of the molecule is O=S(Cc1ccccc1)c1ccc(Sc2ccc(SCc3ccccc3)cc2)cc1. The van der Waals surface area contributed by atoms with Gasteiger partial charge in [-0.05, 0) is 59.7 Å². The summed E-state index contributed by atoms with van der Waals surface area (Å²) in [6.45, 7) is 0. The third-order valence-electron chi connectivity index (χ3n) is 4.53. The topological polar surface area (TPSA) is 17.1 Å². The zero-order valence-electron chi connectivity index (χ0n) is 16.4. The quantitative estimate of drug-likeness (QED) is 0.262. The maximum Gasteiger partial charge on any atom is 0.0574 e. The van der Waals surface area contributed by atoms with Crippen molar-refractivity contribution >= 4 is 34.3 Å². The molecule has 1 atom stereocenters.